The SMILES string of the molecule is C=CC(=O)N1CC(N2CCC(C3(N=C(C)/C(=N\N)c4cc(O[C@H](C)c5ccccn5)c5c(c4)ncn5C(F)F)CC3)CC2)C1. The molecule has 1 aliphatic carbocycles. The molecule has 0 spiro atoms. The van der Waals surface area contributed by atoms with Gasteiger partial charge in [0.25, 0.3) is 0 Å². The normalized spacial score (nSPS) is 20.5. The lowest BCUT2D eigenvalue weighted by Gasteiger charge is -2.48. The standard InChI is InChI=1S/C32H38F2N8O2/c1-4-28(43)41-17-24(18-41)40-13-8-23(9-14-40)32(10-11-32)38-20(2)29(39-35)22-15-26-30(42(19-37-26)31(33)34)27(16-22)44-21(3)25-7-5-6-12-36-25/h4-7,12,15-16,19,21,23-24,31H,1,8-11,13-14,17-18,35H2,2-3H3/b38-20?,39-29+/t21-/m1/s1. The molecule has 2 saturated heterocycles. The second-order valence-corrected chi connectivity index (χ2v) is 12.0. The van der Waals surface area contributed by atoms with Crippen molar-refractivity contribution < 1.29 is 18.3 Å². The number of pyridine rings is 1. The van der Waals surface area contributed by atoms with Gasteiger partial charge in [-0.15, -0.1) is 0 Å². The number of aliphatic imine (C=N–C) groups is 1. The molecule has 0 radical (unpaired) electrons. The Kier molecular flexibility index (Phi) is 8.19. The van der Waals surface area contributed by atoms with Gasteiger partial charge in [0.05, 0.1) is 22.5 Å². The Balaban J connectivity index is 1.21. The predicted molar refractivity (Wildman–Crippen MR) is 165 cm³/mol. The number of aromatic nitrogens is 3. The molecule has 0 bridgehead atoms. The number of alkyl halides is 2. The van der Waals surface area contributed by atoms with Crippen molar-refractivity contribution in [3.8, 4) is 5.75 Å². The first-order valence-electron chi connectivity index (χ1n) is 15.1. The van der Waals surface area contributed by atoms with Gasteiger partial charge in [-0.1, -0.05) is 12.6 Å². The number of carbonyl (C=O) groups is 1. The van der Waals surface area contributed by atoms with Gasteiger partial charge in [0, 0.05) is 30.9 Å². The van der Waals surface area contributed by atoms with Crippen molar-refractivity contribution >= 4 is 28.4 Å². The third-order valence-electron chi connectivity index (χ3n) is 9.30. The van der Waals surface area contributed by atoms with Gasteiger partial charge in [0.2, 0.25) is 5.91 Å². The van der Waals surface area contributed by atoms with Crippen LogP contribution in [0.5, 0.6) is 5.75 Å². The lowest BCUT2D eigenvalue weighted by molar-refractivity contribution is -0.133. The highest BCUT2D eigenvalue weighted by molar-refractivity contribution is 6.48. The number of likely N-dealkylation sites (tertiary alicyclic amines) is 2. The number of hydrazone groups is 1. The van der Waals surface area contributed by atoms with E-state index in [1.807, 2.05) is 30.9 Å². The molecular formula is C32H38F2N8O2. The van der Waals surface area contributed by atoms with Crippen LogP contribution >= 0.6 is 0 Å². The van der Waals surface area contributed by atoms with Crippen molar-refractivity contribution in [2.24, 2.45) is 21.9 Å². The first-order chi connectivity index (χ1) is 21.2. The average Bonchev–Trinajstić information content (AvgIpc) is 3.65. The van der Waals surface area contributed by atoms with E-state index in [0.29, 0.717) is 40.2 Å². The van der Waals surface area contributed by atoms with Crippen LogP contribution in [0.3, 0.4) is 0 Å². The Morgan fingerprint density at radius 2 is 1.95 bits per heavy atom. The average molecular weight is 605 g/mol. The van der Waals surface area contributed by atoms with E-state index in [-0.39, 0.29) is 22.7 Å². The largest absolute Gasteiger partial charge is 0.482 e. The zero-order chi connectivity index (χ0) is 31.0. The van der Waals surface area contributed by atoms with Gasteiger partial charge in [-0.2, -0.15) is 13.9 Å². The van der Waals surface area contributed by atoms with Crippen molar-refractivity contribution in [3.05, 3.63) is 66.8 Å². The molecule has 3 fully saturated rings. The molecule has 3 aliphatic rings. The summed E-state index contributed by atoms with van der Waals surface area (Å²) in [7, 11) is 0. The molecule has 232 valence electrons. The molecule has 4 heterocycles. The third kappa shape index (κ3) is 5.70. The molecule has 2 N–H and O–H groups in total. The maximum atomic E-state index is 13.9. The summed E-state index contributed by atoms with van der Waals surface area (Å²) in [5.74, 6) is 6.63. The van der Waals surface area contributed by atoms with Crippen molar-refractivity contribution in [2.45, 2.75) is 63.8 Å². The number of nitrogens with zero attached hydrogens (tertiary/aromatic N) is 7. The first-order valence-corrected chi connectivity index (χ1v) is 15.1. The minimum absolute atomic E-state index is 0.00169. The van der Waals surface area contributed by atoms with Crippen LogP contribution in [0.4, 0.5) is 8.78 Å². The number of amides is 1. The Morgan fingerprint density at radius 3 is 2.57 bits per heavy atom. The van der Waals surface area contributed by atoms with Crippen molar-refractivity contribution in [2.75, 3.05) is 26.2 Å². The van der Waals surface area contributed by atoms with Crippen molar-refractivity contribution in [1.82, 2.24) is 24.3 Å². The smallest absolute Gasteiger partial charge is 0.320 e. The summed E-state index contributed by atoms with van der Waals surface area (Å²) in [4.78, 5) is 30.0. The predicted octanol–water partition coefficient (Wildman–Crippen LogP) is 4.73. The minimum Gasteiger partial charge on any atom is -0.482 e. The lowest BCUT2D eigenvalue weighted by Crippen LogP contribution is -2.62. The van der Waals surface area contributed by atoms with Crippen LogP contribution in [0.2, 0.25) is 0 Å². The molecule has 44 heavy (non-hydrogen) atoms. The molecule has 3 aromatic rings. The number of benzene rings is 1. The third-order valence-corrected chi connectivity index (χ3v) is 9.30. The van der Waals surface area contributed by atoms with E-state index < -0.39 is 12.7 Å². The van der Waals surface area contributed by atoms with E-state index in [4.69, 9.17) is 15.6 Å². The van der Waals surface area contributed by atoms with E-state index in [0.717, 1.165) is 62.8 Å². The summed E-state index contributed by atoms with van der Waals surface area (Å²) < 4.78 is 34.9. The summed E-state index contributed by atoms with van der Waals surface area (Å²) in [5.41, 5.74) is 2.81. The molecule has 1 saturated carbocycles. The van der Waals surface area contributed by atoms with Crippen LogP contribution in [-0.2, 0) is 4.79 Å². The summed E-state index contributed by atoms with van der Waals surface area (Å²) in [6, 6.07) is 9.28. The number of nitrogens with two attached hydrogens (primary N) is 1. The molecule has 10 nitrogen and oxygen atoms in total. The summed E-state index contributed by atoms with van der Waals surface area (Å²) in [5, 5.41) is 4.11. The molecule has 1 amide bonds. The van der Waals surface area contributed by atoms with Gasteiger partial charge < -0.3 is 15.5 Å². The summed E-state index contributed by atoms with van der Waals surface area (Å²) in [6.07, 6.45) is 7.74. The summed E-state index contributed by atoms with van der Waals surface area (Å²) in [6.45, 7) is 8.01. The maximum Gasteiger partial charge on any atom is 0.320 e. The second-order valence-electron chi connectivity index (χ2n) is 12.0. The molecule has 2 aromatic heterocycles. The highest BCUT2D eigenvalue weighted by Gasteiger charge is 2.51. The fourth-order valence-corrected chi connectivity index (χ4v) is 6.68. The molecule has 2 aliphatic heterocycles. The second kappa shape index (κ2) is 12.1. The van der Waals surface area contributed by atoms with Crippen molar-refractivity contribution in [1.29, 1.82) is 0 Å². The van der Waals surface area contributed by atoms with Crippen LogP contribution in [-0.4, -0.2) is 79.4 Å². The van der Waals surface area contributed by atoms with Gasteiger partial charge in [-0.25, -0.2) is 4.98 Å². The number of hydrogen-bond donors (Lipinski definition) is 1. The Hall–Kier alpha value is -4.19. The Bertz CT molecular complexity index is 1590. The Morgan fingerprint density at radius 1 is 1.20 bits per heavy atom. The number of carbonyl (C=O) groups excluding carboxylic acids is 1. The highest BCUT2D eigenvalue weighted by atomic mass is 19.3. The molecular weight excluding hydrogens is 566 g/mol. The topological polar surface area (TPSA) is 114 Å². The quantitative estimate of drug-likeness (QED) is 0.155. The number of piperidine rings is 1. The number of halogens is 2. The zero-order valence-corrected chi connectivity index (χ0v) is 25.1. The van der Waals surface area contributed by atoms with Crippen LogP contribution in [0.1, 0.15) is 63.4 Å². The minimum atomic E-state index is -2.79. The highest BCUT2D eigenvalue weighted by Crippen LogP contribution is 2.50. The van der Waals surface area contributed by atoms with Crippen molar-refractivity contribution in [3.63, 3.8) is 0 Å². The zero-order valence-electron chi connectivity index (χ0n) is 25.1. The fraction of sp³-hybridized carbons (Fsp3) is 0.469. The van der Waals surface area contributed by atoms with E-state index in [9.17, 15) is 13.6 Å². The number of hydrogen-bond acceptors (Lipinski definition) is 8. The molecule has 12 heteroatoms. The van der Waals surface area contributed by atoms with Gasteiger partial charge in [-0.3, -0.25) is 24.2 Å². The monoisotopic (exact) mass is 604 g/mol. The van der Waals surface area contributed by atoms with E-state index in [2.05, 4.69) is 26.5 Å². The number of fused-ring (bicyclic) bond motifs is 1. The molecule has 6 rings (SSSR count). The first kappa shape index (κ1) is 29.9. The van der Waals surface area contributed by atoms with E-state index >= 15 is 0 Å². The van der Waals surface area contributed by atoms with Gasteiger partial charge in [-0.05, 0) is 88.9 Å². The summed E-state index contributed by atoms with van der Waals surface area (Å²) >= 11 is 0. The van der Waals surface area contributed by atoms with Gasteiger partial charge in [0.15, 0.2) is 0 Å². The van der Waals surface area contributed by atoms with Crippen LogP contribution in [0.15, 0.2) is 65.6 Å². The molecule has 0 unspecified atom stereocenters. The number of ether oxygens (including phenoxy) is 1. The molecule has 1 atom stereocenters. The number of rotatable bonds is 10. The van der Waals surface area contributed by atoms with E-state index in [1.54, 1.807) is 24.4 Å². The van der Waals surface area contributed by atoms with Crippen LogP contribution in [0, 0.1) is 5.92 Å². The lowest BCUT2D eigenvalue weighted by atomic mass is 9.86. The van der Waals surface area contributed by atoms with Gasteiger partial charge >= 0.3 is 6.55 Å². The van der Waals surface area contributed by atoms with Crippen LogP contribution < -0.4 is 10.6 Å². The van der Waals surface area contributed by atoms with E-state index in [1.165, 1.54) is 6.08 Å². The Labute approximate surface area is 255 Å². The van der Waals surface area contributed by atoms with Crippen LogP contribution in [0.25, 0.3) is 11.0 Å². The fourth-order valence-electron chi connectivity index (χ4n) is 6.68. The molecule has 1 aromatic carbocycles. The number of imidazole rings is 1. The van der Waals surface area contributed by atoms with Gasteiger partial charge in [0.1, 0.15) is 29.4 Å². The maximum absolute atomic E-state index is 13.9.